The van der Waals surface area contributed by atoms with Gasteiger partial charge < -0.3 is 0 Å². The van der Waals surface area contributed by atoms with Gasteiger partial charge in [0.25, 0.3) is 5.91 Å². The molecule has 3 heteroatoms. The van der Waals surface area contributed by atoms with E-state index in [0.29, 0.717) is 10.8 Å². The van der Waals surface area contributed by atoms with Crippen LogP contribution in [0, 0.1) is 6.92 Å². The lowest BCUT2D eigenvalue weighted by molar-refractivity contribution is -0.118. The molecule has 1 aromatic carbocycles. The molecule has 68 valence electrons. The van der Waals surface area contributed by atoms with E-state index in [4.69, 9.17) is 0 Å². The molecule has 0 radical (unpaired) electrons. The van der Waals surface area contributed by atoms with Crippen LogP contribution < -0.4 is 5.06 Å². The maximum absolute atomic E-state index is 11.0. The van der Waals surface area contributed by atoms with E-state index in [1.165, 1.54) is 0 Å². The van der Waals surface area contributed by atoms with Gasteiger partial charge in [0.2, 0.25) is 0 Å². The van der Waals surface area contributed by atoms with Crippen LogP contribution in [0.5, 0.6) is 0 Å². The van der Waals surface area contributed by atoms with E-state index < -0.39 is 5.91 Å². The second-order valence-corrected chi connectivity index (χ2v) is 2.69. The highest BCUT2D eigenvalue weighted by molar-refractivity contribution is 5.98. The van der Waals surface area contributed by atoms with Gasteiger partial charge in [-0.25, -0.2) is 0 Å². The Morgan fingerprint density at radius 3 is 2.46 bits per heavy atom. The molecule has 1 amide bonds. The Bertz CT molecular complexity index is 316. The second kappa shape index (κ2) is 3.87. The molecule has 0 spiro atoms. The molecular formula is C10H11NO2. The largest absolute Gasteiger partial charge is 0.281 e. The molecule has 3 nitrogen and oxygen atoms in total. The summed E-state index contributed by atoms with van der Waals surface area (Å²) >= 11 is 0. The maximum Gasteiger partial charge on any atom is 0.274 e. The van der Waals surface area contributed by atoms with Crippen LogP contribution in [0.15, 0.2) is 36.9 Å². The summed E-state index contributed by atoms with van der Waals surface area (Å²) in [5.41, 5.74) is 1.51. The lowest BCUT2D eigenvalue weighted by Gasteiger charge is -2.12. The summed E-state index contributed by atoms with van der Waals surface area (Å²) in [7, 11) is 0. The van der Waals surface area contributed by atoms with Gasteiger partial charge in [-0.05, 0) is 25.1 Å². The fraction of sp³-hybridized carbons (Fsp3) is 0.100. The Labute approximate surface area is 76.9 Å². The zero-order chi connectivity index (χ0) is 9.84. The normalized spacial score (nSPS) is 9.38. The number of rotatable bonds is 2. The summed E-state index contributed by atoms with van der Waals surface area (Å²) in [5, 5.41) is 9.85. The Balaban J connectivity index is 2.89. The van der Waals surface area contributed by atoms with Crippen molar-refractivity contribution in [1.29, 1.82) is 0 Å². The van der Waals surface area contributed by atoms with Gasteiger partial charge in [-0.1, -0.05) is 24.3 Å². The van der Waals surface area contributed by atoms with Crippen molar-refractivity contribution in [2.24, 2.45) is 0 Å². The van der Waals surface area contributed by atoms with E-state index in [-0.39, 0.29) is 0 Å². The Kier molecular flexibility index (Phi) is 2.82. The third-order valence-electron chi connectivity index (χ3n) is 1.66. The van der Waals surface area contributed by atoms with E-state index >= 15 is 0 Å². The van der Waals surface area contributed by atoms with Crippen molar-refractivity contribution in [3.8, 4) is 0 Å². The minimum Gasteiger partial charge on any atom is -0.281 e. The third kappa shape index (κ3) is 2.16. The third-order valence-corrected chi connectivity index (χ3v) is 1.66. The minimum atomic E-state index is -0.538. The predicted octanol–water partition coefficient (Wildman–Crippen LogP) is 1.90. The van der Waals surface area contributed by atoms with Crippen LogP contribution in [0.3, 0.4) is 0 Å². The number of aryl methyl sites for hydroxylation is 1. The van der Waals surface area contributed by atoms with Gasteiger partial charge in [-0.15, -0.1) is 0 Å². The SMILES string of the molecule is C=CC(=O)N(O)c1ccc(C)cc1. The molecule has 0 atom stereocenters. The summed E-state index contributed by atoms with van der Waals surface area (Å²) in [4.78, 5) is 11.0. The fourth-order valence-corrected chi connectivity index (χ4v) is 0.900. The summed E-state index contributed by atoms with van der Waals surface area (Å²) in [6.45, 7) is 5.20. The monoisotopic (exact) mass is 177 g/mol. The smallest absolute Gasteiger partial charge is 0.274 e. The molecule has 0 aliphatic rings. The quantitative estimate of drug-likeness (QED) is 0.426. The topological polar surface area (TPSA) is 40.5 Å². The van der Waals surface area contributed by atoms with Crippen molar-refractivity contribution in [2.45, 2.75) is 6.92 Å². The van der Waals surface area contributed by atoms with Crippen LogP contribution in [0.1, 0.15) is 5.56 Å². The molecule has 0 heterocycles. The molecule has 1 aromatic rings. The zero-order valence-electron chi connectivity index (χ0n) is 7.40. The molecule has 0 unspecified atom stereocenters. The molecule has 0 aliphatic carbocycles. The van der Waals surface area contributed by atoms with E-state index in [1.54, 1.807) is 12.1 Å². The summed E-state index contributed by atoms with van der Waals surface area (Å²) in [5.74, 6) is -0.538. The first kappa shape index (κ1) is 9.48. The molecular weight excluding hydrogens is 166 g/mol. The highest BCUT2D eigenvalue weighted by Crippen LogP contribution is 2.13. The van der Waals surface area contributed by atoms with Gasteiger partial charge in [0.1, 0.15) is 0 Å². The molecule has 0 aliphatic heterocycles. The van der Waals surface area contributed by atoms with Crippen LogP contribution in [0.2, 0.25) is 0 Å². The highest BCUT2D eigenvalue weighted by Gasteiger charge is 2.07. The summed E-state index contributed by atoms with van der Waals surface area (Å²) in [6.07, 6.45) is 1.06. The van der Waals surface area contributed by atoms with Crippen molar-refractivity contribution in [3.63, 3.8) is 0 Å². The molecule has 0 bridgehead atoms. The minimum absolute atomic E-state index is 0.440. The van der Waals surface area contributed by atoms with Crippen molar-refractivity contribution >= 4 is 11.6 Å². The zero-order valence-corrected chi connectivity index (χ0v) is 7.40. The van der Waals surface area contributed by atoms with E-state index in [1.807, 2.05) is 19.1 Å². The highest BCUT2D eigenvalue weighted by atomic mass is 16.5. The van der Waals surface area contributed by atoms with Crippen LogP contribution >= 0.6 is 0 Å². The second-order valence-electron chi connectivity index (χ2n) is 2.69. The number of hydrogen-bond donors (Lipinski definition) is 1. The number of carbonyl (C=O) groups is 1. The van der Waals surface area contributed by atoms with E-state index in [9.17, 15) is 10.0 Å². The van der Waals surface area contributed by atoms with E-state index in [0.717, 1.165) is 11.6 Å². The molecule has 13 heavy (non-hydrogen) atoms. The van der Waals surface area contributed by atoms with Gasteiger partial charge >= 0.3 is 0 Å². The van der Waals surface area contributed by atoms with Crippen molar-refractivity contribution in [3.05, 3.63) is 42.5 Å². The molecule has 0 fully saturated rings. The van der Waals surface area contributed by atoms with Gasteiger partial charge in [0, 0.05) is 0 Å². The van der Waals surface area contributed by atoms with Crippen LogP contribution in [0.4, 0.5) is 5.69 Å². The first-order chi connectivity index (χ1) is 6.15. The van der Waals surface area contributed by atoms with Gasteiger partial charge in [0.15, 0.2) is 0 Å². The number of benzene rings is 1. The number of hydrogen-bond acceptors (Lipinski definition) is 2. The van der Waals surface area contributed by atoms with Gasteiger partial charge in [-0.3, -0.25) is 10.0 Å². The van der Waals surface area contributed by atoms with Crippen LogP contribution in [-0.4, -0.2) is 11.1 Å². The Hall–Kier alpha value is -1.61. The Morgan fingerprint density at radius 1 is 1.46 bits per heavy atom. The number of nitrogens with zero attached hydrogens (tertiary/aromatic N) is 1. The number of hydroxylamine groups is 1. The van der Waals surface area contributed by atoms with E-state index in [2.05, 4.69) is 6.58 Å². The molecule has 1 rings (SSSR count). The molecule has 1 N–H and O–H groups in total. The average Bonchev–Trinajstić information content (AvgIpc) is 2.17. The summed E-state index contributed by atoms with van der Waals surface area (Å²) < 4.78 is 0. The molecule has 0 saturated heterocycles. The lowest BCUT2D eigenvalue weighted by atomic mass is 10.2. The van der Waals surface area contributed by atoms with Crippen molar-refractivity contribution < 1.29 is 10.0 Å². The molecule has 0 aromatic heterocycles. The number of carbonyl (C=O) groups excluding carboxylic acids is 1. The molecule has 0 saturated carbocycles. The van der Waals surface area contributed by atoms with Crippen molar-refractivity contribution in [1.82, 2.24) is 0 Å². The van der Waals surface area contributed by atoms with Crippen LogP contribution in [0.25, 0.3) is 0 Å². The van der Waals surface area contributed by atoms with Gasteiger partial charge in [-0.2, -0.15) is 5.06 Å². The number of anilines is 1. The average molecular weight is 177 g/mol. The van der Waals surface area contributed by atoms with Crippen LogP contribution in [-0.2, 0) is 4.79 Å². The number of amides is 1. The lowest BCUT2D eigenvalue weighted by Crippen LogP contribution is -2.24. The Morgan fingerprint density at radius 2 is 2.00 bits per heavy atom. The standard InChI is InChI=1S/C10H11NO2/c1-3-10(12)11(13)9-6-4-8(2)5-7-9/h3-7,13H,1H2,2H3. The van der Waals surface area contributed by atoms with Crippen molar-refractivity contribution in [2.75, 3.05) is 5.06 Å². The first-order valence-corrected chi connectivity index (χ1v) is 3.87. The summed E-state index contributed by atoms with van der Waals surface area (Å²) in [6, 6.07) is 6.96. The maximum atomic E-state index is 11.0. The van der Waals surface area contributed by atoms with Gasteiger partial charge in [0.05, 0.1) is 5.69 Å². The fourth-order valence-electron chi connectivity index (χ4n) is 0.900. The predicted molar refractivity (Wildman–Crippen MR) is 50.6 cm³/mol. The first-order valence-electron chi connectivity index (χ1n) is 3.87.